The van der Waals surface area contributed by atoms with E-state index in [1.54, 1.807) is 0 Å². The van der Waals surface area contributed by atoms with Crippen LogP contribution in [0.25, 0.3) is 0 Å². The van der Waals surface area contributed by atoms with Crippen LogP contribution in [0, 0.1) is 0 Å². The fraction of sp³-hybridized carbons (Fsp3) is 0.800. The van der Waals surface area contributed by atoms with Crippen molar-refractivity contribution in [3.63, 3.8) is 0 Å². The summed E-state index contributed by atoms with van der Waals surface area (Å²) in [6.07, 6.45) is 1.14. The first kappa shape index (κ1) is 14.6. The van der Waals surface area contributed by atoms with Crippen LogP contribution >= 0.6 is 0 Å². The Bertz CT molecular complexity index is 232. The Kier molecular flexibility index (Phi) is 6.75. The van der Waals surface area contributed by atoms with E-state index in [4.69, 9.17) is 0 Å². The summed E-state index contributed by atoms with van der Waals surface area (Å²) in [5.41, 5.74) is 0.976. The van der Waals surface area contributed by atoms with Gasteiger partial charge in [0, 0.05) is 18.6 Å². The molecule has 5 heteroatoms. The van der Waals surface area contributed by atoms with Crippen molar-refractivity contribution < 1.29 is 4.79 Å². The molecule has 88 valence electrons. The molecule has 0 aliphatic carbocycles. The van der Waals surface area contributed by atoms with Crippen molar-refractivity contribution in [2.24, 2.45) is 5.10 Å². The molecule has 0 rings (SSSR count). The number of hydrogen-bond donors (Lipinski definition) is 0. The SMILES string of the molecule is CCC(=O)CC(C)=NN([SiH](C)C)[SiH](C)C. The molecule has 0 aliphatic rings. The average molecular weight is 244 g/mol. The summed E-state index contributed by atoms with van der Waals surface area (Å²) in [6, 6.07) is 0. The van der Waals surface area contributed by atoms with Crippen LogP contribution in [0.5, 0.6) is 0 Å². The first-order valence-electron chi connectivity index (χ1n) is 5.72. The normalized spacial score (nSPS) is 12.4. The molecule has 0 heterocycles. The number of nitrogens with zero attached hydrogens (tertiary/aromatic N) is 2. The molecule has 15 heavy (non-hydrogen) atoms. The van der Waals surface area contributed by atoms with Gasteiger partial charge in [-0.1, -0.05) is 33.1 Å². The van der Waals surface area contributed by atoms with Gasteiger partial charge in [0.2, 0.25) is 0 Å². The highest BCUT2D eigenvalue weighted by molar-refractivity contribution is 6.69. The lowest BCUT2D eigenvalue weighted by molar-refractivity contribution is -0.117. The van der Waals surface area contributed by atoms with Gasteiger partial charge in [-0.25, -0.2) is 5.10 Å². The van der Waals surface area contributed by atoms with Crippen LogP contribution in [0.4, 0.5) is 0 Å². The highest BCUT2D eigenvalue weighted by Crippen LogP contribution is 2.03. The molecule has 0 aromatic rings. The van der Waals surface area contributed by atoms with Crippen molar-refractivity contribution in [1.82, 2.24) is 4.34 Å². The second-order valence-electron chi connectivity index (χ2n) is 4.47. The van der Waals surface area contributed by atoms with Crippen LogP contribution < -0.4 is 0 Å². The minimum atomic E-state index is -0.857. The van der Waals surface area contributed by atoms with Crippen molar-refractivity contribution in [2.45, 2.75) is 52.9 Å². The molecule has 0 aromatic heterocycles. The Hall–Kier alpha value is -0.426. The average Bonchev–Trinajstić information content (AvgIpc) is 2.12. The van der Waals surface area contributed by atoms with E-state index in [0.717, 1.165) is 5.71 Å². The summed E-state index contributed by atoms with van der Waals surface area (Å²) < 4.78 is 2.32. The van der Waals surface area contributed by atoms with E-state index in [2.05, 4.69) is 35.6 Å². The lowest BCUT2D eigenvalue weighted by Gasteiger charge is -2.27. The number of hydrazone groups is 1. The Morgan fingerprint density at radius 2 is 1.67 bits per heavy atom. The zero-order valence-electron chi connectivity index (χ0n) is 10.9. The van der Waals surface area contributed by atoms with Crippen molar-refractivity contribution >= 4 is 29.4 Å². The smallest absolute Gasteiger partial charge is 0.144 e. The molecule has 0 aliphatic heterocycles. The molecular formula is C10H24N2OSi2. The topological polar surface area (TPSA) is 32.7 Å². The molecule has 0 radical (unpaired) electrons. The van der Waals surface area contributed by atoms with E-state index >= 15 is 0 Å². The van der Waals surface area contributed by atoms with Crippen LogP contribution in [-0.4, -0.2) is 33.8 Å². The summed E-state index contributed by atoms with van der Waals surface area (Å²) in [4.78, 5) is 11.3. The van der Waals surface area contributed by atoms with Gasteiger partial charge in [0.1, 0.15) is 23.7 Å². The standard InChI is InChI=1S/C10H24N2OSi2/c1-7-10(13)8-9(2)11-12(14(3)4)15(5)6/h14-15H,7-8H2,1-6H3. The van der Waals surface area contributed by atoms with Gasteiger partial charge in [-0.3, -0.25) is 4.79 Å². The summed E-state index contributed by atoms with van der Waals surface area (Å²) in [6.45, 7) is 13.0. The first-order valence-corrected chi connectivity index (χ1v) is 11.4. The maximum Gasteiger partial charge on any atom is 0.144 e. The quantitative estimate of drug-likeness (QED) is 0.407. The van der Waals surface area contributed by atoms with Gasteiger partial charge in [0.15, 0.2) is 0 Å². The number of ketones is 1. The lowest BCUT2D eigenvalue weighted by atomic mass is 10.2. The Morgan fingerprint density at radius 3 is 2.00 bits per heavy atom. The number of carbonyl (C=O) groups is 1. The van der Waals surface area contributed by atoms with Gasteiger partial charge < -0.3 is 4.34 Å². The predicted molar refractivity (Wildman–Crippen MR) is 72.6 cm³/mol. The van der Waals surface area contributed by atoms with E-state index in [0.29, 0.717) is 12.8 Å². The van der Waals surface area contributed by atoms with Gasteiger partial charge in [-0.15, -0.1) is 0 Å². The van der Waals surface area contributed by atoms with E-state index < -0.39 is 17.9 Å². The van der Waals surface area contributed by atoms with Crippen molar-refractivity contribution in [2.75, 3.05) is 0 Å². The molecule has 0 saturated heterocycles. The number of hydrogen-bond acceptors (Lipinski definition) is 3. The summed E-state index contributed by atoms with van der Waals surface area (Å²) in [5.74, 6) is 0.284. The molecule has 0 spiro atoms. The predicted octanol–water partition coefficient (Wildman–Crippen LogP) is 2.00. The lowest BCUT2D eigenvalue weighted by Crippen LogP contribution is -2.39. The first-order chi connectivity index (χ1) is 6.88. The summed E-state index contributed by atoms with van der Waals surface area (Å²) in [5, 5.41) is 4.62. The highest BCUT2D eigenvalue weighted by atomic mass is 28.3. The van der Waals surface area contributed by atoms with Gasteiger partial charge in [-0.05, 0) is 6.92 Å². The van der Waals surface area contributed by atoms with Crippen molar-refractivity contribution in [3.05, 3.63) is 0 Å². The monoisotopic (exact) mass is 244 g/mol. The van der Waals surface area contributed by atoms with Crippen LogP contribution in [0.15, 0.2) is 5.10 Å². The number of carbonyl (C=O) groups excluding carboxylic acids is 1. The van der Waals surface area contributed by atoms with Crippen LogP contribution in [0.1, 0.15) is 26.7 Å². The van der Waals surface area contributed by atoms with Gasteiger partial charge in [0.25, 0.3) is 0 Å². The molecule has 0 unspecified atom stereocenters. The third kappa shape index (κ3) is 5.89. The maximum atomic E-state index is 11.3. The molecule has 3 nitrogen and oxygen atoms in total. The van der Waals surface area contributed by atoms with E-state index in [1.165, 1.54) is 0 Å². The molecule has 0 saturated carbocycles. The van der Waals surface area contributed by atoms with Gasteiger partial charge in [0.05, 0.1) is 0 Å². The second-order valence-corrected chi connectivity index (χ2v) is 10.5. The van der Waals surface area contributed by atoms with Gasteiger partial charge >= 0.3 is 0 Å². The zero-order chi connectivity index (χ0) is 12.0. The van der Waals surface area contributed by atoms with E-state index in [1.807, 2.05) is 13.8 Å². The largest absolute Gasteiger partial charge is 0.355 e. The number of rotatable bonds is 6. The summed E-state index contributed by atoms with van der Waals surface area (Å²) in [7, 11) is -1.71. The van der Waals surface area contributed by atoms with Crippen molar-refractivity contribution in [1.29, 1.82) is 0 Å². The minimum absolute atomic E-state index is 0.284. The molecule has 0 aromatic carbocycles. The van der Waals surface area contributed by atoms with Crippen molar-refractivity contribution in [3.8, 4) is 0 Å². The maximum absolute atomic E-state index is 11.3. The highest BCUT2D eigenvalue weighted by Gasteiger charge is 2.13. The Morgan fingerprint density at radius 1 is 1.20 bits per heavy atom. The Balaban J connectivity index is 4.47. The summed E-state index contributed by atoms with van der Waals surface area (Å²) >= 11 is 0. The molecule has 0 bridgehead atoms. The number of Topliss-reactive ketones (excluding diaryl/α,β-unsaturated/α-hetero) is 1. The second kappa shape index (κ2) is 6.95. The van der Waals surface area contributed by atoms with Gasteiger partial charge in [-0.2, -0.15) is 0 Å². The minimum Gasteiger partial charge on any atom is -0.355 e. The van der Waals surface area contributed by atoms with Crippen LogP contribution in [0.2, 0.25) is 26.2 Å². The van der Waals surface area contributed by atoms with Crippen LogP contribution in [-0.2, 0) is 4.79 Å². The zero-order valence-corrected chi connectivity index (χ0v) is 13.2. The molecule has 0 atom stereocenters. The fourth-order valence-corrected chi connectivity index (χ4v) is 7.10. The molecule has 0 N–H and O–H groups in total. The van der Waals surface area contributed by atoms with E-state index in [-0.39, 0.29) is 5.78 Å². The fourth-order valence-electron chi connectivity index (χ4n) is 1.47. The third-order valence-corrected chi connectivity index (χ3v) is 8.12. The Labute approximate surface area is 96.9 Å². The van der Waals surface area contributed by atoms with Crippen LogP contribution in [0.3, 0.4) is 0 Å². The third-order valence-electron chi connectivity index (χ3n) is 2.19. The molecular weight excluding hydrogens is 220 g/mol. The molecule has 0 amide bonds. The van der Waals surface area contributed by atoms with E-state index in [9.17, 15) is 4.79 Å². The molecule has 0 fully saturated rings.